The predicted octanol–water partition coefficient (Wildman–Crippen LogP) is 3.05. The van der Waals surface area contributed by atoms with Crippen molar-refractivity contribution in [2.75, 3.05) is 13.2 Å². The Labute approximate surface area is 109 Å². The van der Waals surface area contributed by atoms with Crippen LogP contribution in [0.2, 0.25) is 0 Å². The van der Waals surface area contributed by atoms with Gasteiger partial charge in [0.1, 0.15) is 23.1 Å². The van der Waals surface area contributed by atoms with Gasteiger partial charge in [-0.15, -0.1) is 0 Å². The highest BCUT2D eigenvalue weighted by Crippen LogP contribution is 2.24. The van der Waals surface area contributed by atoms with Crippen LogP contribution in [0.15, 0.2) is 29.8 Å². The minimum Gasteiger partial charge on any atom is -0.377 e. The van der Waals surface area contributed by atoms with E-state index in [0.717, 1.165) is 24.0 Å². The van der Waals surface area contributed by atoms with E-state index < -0.39 is 5.82 Å². The van der Waals surface area contributed by atoms with Crippen LogP contribution in [-0.4, -0.2) is 18.2 Å². The number of hydrogen-bond donors (Lipinski definition) is 0. The van der Waals surface area contributed by atoms with Gasteiger partial charge in [0.15, 0.2) is 0 Å². The van der Waals surface area contributed by atoms with Gasteiger partial charge < -0.3 is 4.74 Å². The van der Waals surface area contributed by atoms with Crippen molar-refractivity contribution in [1.29, 1.82) is 5.26 Å². The van der Waals surface area contributed by atoms with Crippen molar-refractivity contribution in [3.8, 4) is 6.07 Å². The van der Waals surface area contributed by atoms with Crippen molar-refractivity contribution in [2.45, 2.75) is 6.42 Å². The predicted molar refractivity (Wildman–Crippen MR) is 69.8 cm³/mol. The summed E-state index contributed by atoms with van der Waals surface area (Å²) in [5.74, 6) is -0.406. The van der Waals surface area contributed by atoms with E-state index in [2.05, 4.69) is 4.98 Å². The summed E-state index contributed by atoms with van der Waals surface area (Å²) in [6.07, 6.45) is 2.92. The molecule has 1 saturated heterocycles. The molecule has 2 aromatic rings. The molecule has 3 rings (SSSR count). The molecule has 3 nitrogen and oxygen atoms in total. The Morgan fingerprint density at radius 1 is 1.32 bits per heavy atom. The molecule has 0 saturated carbocycles. The lowest BCUT2D eigenvalue weighted by Gasteiger charge is -2.04. The Kier molecular flexibility index (Phi) is 2.98. The molecule has 1 fully saturated rings. The number of fused-ring (bicyclic) bond motifs is 1. The number of aromatic nitrogens is 1. The van der Waals surface area contributed by atoms with Crippen molar-refractivity contribution < 1.29 is 9.13 Å². The van der Waals surface area contributed by atoms with Gasteiger partial charge in [0.05, 0.1) is 13.2 Å². The van der Waals surface area contributed by atoms with Crippen molar-refractivity contribution in [3.63, 3.8) is 0 Å². The lowest BCUT2D eigenvalue weighted by Crippen LogP contribution is -1.91. The molecular weight excluding hydrogens is 243 g/mol. The van der Waals surface area contributed by atoms with E-state index in [9.17, 15) is 4.39 Å². The zero-order valence-electron chi connectivity index (χ0n) is 10.2. The molecule has 19 heavy (non-hydrogen) atoms. The summed E-state index contributed by atoms with van der Waals surface area (Å²) in [7, 11) is 0. The van der Waals surface area contributed by atoms with Crippen molar-refractivity contribution in [3.05, 3.63) is 46.9 Å². The number of nitrogens with zero attached hydrogens (tertiary/aromatic N) is 2. The van der Waals surface area contributed by atoms with Crippen LogP contribution in [0.3, 0.4) is 0 Å². The molecule has 94 valence electrons. The number of halogens is 1. The van der Waals surface area contributed by atoms with Gasteiger partial charge in [0.25, 0.3) is 0 Å². The monoisotopic (exact) mass is 254 g/mol. The van der Waals surface area contributed by atoms with Crippen LogP contribution in [0.4, 0.5) is 4.39 Å². The molecule has 4 heteroatoms. The van der Waals surface area contributed by atoms with E-state index in [-0.39, 0.29) is 11.2 Å². The Balaban J connectivity index is 2.18. The fourth-order valence-electron chi connectivity index (χ4n) is 2.21. The SMILES string of the molecule is N#Cc1ccc2c(/C=C3\CCOC3)ccc(F)c2n1. The molecule has 0 unspecified atom stereocenters. The zero-order valence-corrected chi connectivity index (χ0v) is 10.2. The normalized spacial score (nSPS) is 16.9. The third-order valence-electron chi connectivity index (χ3n) is 3.17. The van der Waals surface area contributed by atoms with Crippen molar-refractivity contribution in [2.24, 2.45) is 0 Å². The molecule has 0 atom stereocenters. The first-order valence-electron chi connectivity index (χ1n) is 6.04. The summed E-state index contributed by atoms with van der Waals surface area (Å²) in [5.41, 5.74) is 2.57. The first kappa shape index (κ1) is 11.8. The summed E-state index contributed by atoms with van der Waals surface area (Å²) < 4.78 is 19.1. The Morgan fingerprint density at radius 3 is 2.95 bits per heavy atom. The summed E-state index contributed by atoms with van der Waals surface area (Å²) in [6, 6.07) is 8.39. The molecule has 2 heterocycles. The summed E-state index contributed by atoms with van der Waals surface area (Å²) in [4.78, 5) is 4.03. The Morgan fingerprint density at radius 2 is 2.21 bits per heavy atom. The Hall–Kier alpha value is -2.25. The summed E-state index contributed by atoms with van der Waals surface area (Å²) >= 11 is 0. The quantitative estimate of drug-likeness (QED) is 0.785. The lowest BCUT2D eigenvalue weighted by molar-refractivity contribution is 0.205. The number of ether oxygens (including phenoxy) is 1. The summed E-state index contributed by atoms with van der Waals surface area (Å²) in [6.45, 7) is 1.37. The maximum absolute atomic E-state index is 13.8. The molecule has 1 aliphatic heterocycles. The fourth-order valence-corrected chi connectivity index (χ4v) is 2.21. The maximum Gasteiger partial charge on any atom is 0.149 e. The second-order valence-corrected chi connectivity index (χ2v) is 4.45. The largest absolute Gasteiger partial charge is 0.377 e. The van der Waals surface area contributed by atoms with Gasteiger partial charge in [-0.3, -0.25) is 0 Å². The Bertz CT molecular complexity index is 708. The molecule has 1 aromatic carbocycles. The van der Waals surface area contributed by atoms with Crippen LogP contribution in [0.1, 0.15) is 17.7 Å². The molecule has 1 aromatic heterocycles. The van der Waals surface area contributed by atoms with E-state index in [0.29, 0.717) is 6.61 Å². The highest BCUT2D eigenvalue weighted by Gasteiger charge is 2.10. The average Bonchev–Trinajstić information content (AvgIpc) is 2.94. The molecule has 0 N–H and O–H groups in total. The van der Waals surface area contributed by atoms with Crippen LogP contribution in [0.25, 0.3) is 17.0 Å². The van der Waals surface area contributed by atoms with E-state index in [1.807, 2.05) is 12.1 Å². The average molecular weight is 254 g/mol. The topological polar surface area (TPSA) is 45.9 Å². The smallest absolute Gasteiger partial charge is 0.149 e. The highest BCUT2D eigenvalue weighted by atomic mass is 19.1. The minimum absolute atomic E-state index is 0.223. The third-order valence-corrected chi connectivity index (χ3v) is 3.17. The maximum atomic E-state index is 13.8. The number of pyridine rings is 1. The molecule has 1 aliphatic rings. The van der Waals surface area contributed by atoms with Crippen LogP contribution in [0, 0.1) is 17.1 Å². The lowest BCUT2D eigenvalue weighted by atomic mass is 10.0. The highest BCUT2D eigenvalue weighted by molar-refractivity contribution is 5.89. The van der Waals surface area contributed by atoms with Crippen LogP contribution >= 0.6 is 0 Å². The van der Waals surface area contributed by atoms with Crippen LogP contribution in [0.5, 0.6) is 0 Å². The van der Waals surface area contributed by atoms with Gasteiger partial charge in [-0.25, -0.2) is 9.37 Å². The van der Waals surface area contributed by atoms with E-state index in [1.54, 1.807) is 18.2 Å². The summed E-state index contributed by atoms with van der Waals surface area (Å²) in [5, 5.41) is 9.54. The molecule has 0 aliphatic carbocycles. The van der Waals surface area contributed by atoms with Gasteiger partial charge >= 0.3 is 0 Å². The van der Waals surface area contributed by atoms with E-state index in [1.165, 1.54) is 11.6 Å². The number of benzene rings is 1. The molecule has 0 spiro atoms. The fraction of sp³-hybridized carbons (Fsp3) is 0.200. The zero-order chi connectivity index (χ0) is 13.2. The van der Waals surface area contributed by atoms with Gasteiger partial charge in [-0.05, 0) is 35.8 Å². The van der Waals surface area contributed by atoms with E-state index in [4.69, 9.17) is 10.00 Å². The second-order valence-electron chi connectivity index (χ2n) is 4.45. The second kappa shape index (κ2) is 4.79. The molecule has 0 radical (unpaired) electrons. The van der Waals surface area contributed by atoms with Crippen molar-refractivity contribution >= 4 is 17.0 Å². The van der Waals surface area contributed by atoms with Crippen LogP contribution in [-0.2, 0) is 4.74 Å². The van der Waals surface area contributed by atoms with E-state index >= 15 is 0 Å². The van der Waals surface area contributed by atoms with Gasteiger partial charge in [0, 0.05) is 5.39 Å². The molecular formula is C15H11FN2O. The van der Waals surface area contributed by atoms with Gasteiger partial charge in [0.2, 0.25) is 0 Å². The number of nitriles is 1. The molecule has 0 amide bonds. The third kappa shape index (κ3) is 2.20. The van der Waals surface area contributed by atoms with Gasteiger partial charge in [-0.2, -0.15) is 5.26 Å². The van der Waals surface area contributed by atoms with Crippen LogP contribution < -0.4 is 0 Å². The minimum atomic E-state index is -0.406. The number of hydrogen-bond acceptors (Lipinski definition) is 3. The first-order chi connectivity index (χ1) is 9.28. The standard InChI is InChI=1S/C15H11FN2O/c16-14-4-1-11(7-10-5-6-19-9-10)13-3-2-12(8-17)18-15(13)14/h1-4,7H,5-6,9H2/b10-7+. The van der Waals surface area contributed by atoms with Gasteiger partial charge in [-0.1, -0.05) is 12.1 Å². The number of rotatable bonds is 1. The first-order valence-corrected chi connectivity index (χ1v) is 6.04. The molecule has 0 bridgehead atoms. The van der Waals surface area contributed by atoms with Crippen molar-refractivity contribution in [1.82, 2.24) is 4.98 Å².